The summed E-state index contributed by atoms with van der Waals surface area (Å²) in [6.07, 6.45) is -0.703. The first-order valence-corrected chi connectivity index (χ1v) is 8.93. The molecular weight excluding hydrogens is 461 g/mol. The van der Waals surface area contributed by atoms with Crippen molar-refractivity contribution in [3.8, 4) is 5.75 Å². The normalized spacial score (nSPS) is 20.6. The van der Waals surface area contributed by atoms with Crippen LogP contribution in [0.1, 0.15) is 25.5 Å². The second-order valence-electron chi connectivity index (χ2n) is 6.50. The summed E-state index contributed by atoms with van der Waals surface area (Å²) in [5, 5.41) is 13.6. The molecule has 0 saturated carbocycles. The number of hydrogen-bond acceptors (Lipinski definition) is 5. The molecule has 1 aliphatic heterocycles. The van der Waals surface area contributed by atoms with Crippen molar-refractivity contribution in [3.05, 3.63) is 29.8 Å². The number of guanidine groups is 1. The minimum absolute atomic E-state index is 0. The van der Waals surface area contributed by atoms with Gasteiger partial charge in [-0.1, -0.05) is 19.1 Å². The van der Waals surface area contributed by atoms with E-state index in [0.717, 1.165) is 17.9 Å². The van der Waals surface area contributed by atoms with Crippen LogP contribution in [0.15, 0.2) is 29.3 Å². The lowest BCUT2D eigenvalue weighted by atomic mass is 9.99. The van der Waals surface area contributed by atoms with Gasteiger partial charge in [-0.2, -0.15) is 0 Å². The molecule has 152 valence electrons. The van der Waals surface area contributed by atoms with Crippen LogP contribution in [0.4, 0.5) is 0 Å². The predicted molar refractivity (Wildman–Crippen MR) is 116 cm³/mol. The van der Waals surface area contributed by atoms with E-state index in [1.54, 1.807) is 7.11 Å². The highest BCUT2D eigenvalue weighted by molar-refractivity contribution is 14.0. The van der Waals surface area contributed by atoms with Crippen molar-refractivity contribution in [3.63, 3.8) is 0 Å². The van der Waals surface area contributed by atoms with Crippen LogP contribution in [0.5, 0.6) is 5.75 Å². The largest absolute Gasteiger partial charge is 0.497 e. The van der Waals surface area contributed by atoms with E-state index in [0.29, 0.717) is 19.0 Å². The Morgan fingerprint density at radius 2 is 2.00 bits per heavy atom. The lowest BCUT2D eigenvalue weighted by Gasteiger charge is -2.22. The SMILES string of the molecule is CCNC(=NCC(O)c1ccc(OC)cc1)N1CC(C)C(C(=O)OC)C1.I. The number of halogens is 1. The zero-order valence-corrected chi connectivity index (χ0v) is 18.7. The van der Waals surface area contributed by atoms with Crippen LogP contribution in [-0.2, 0) is 9.53 Å². The monoisotopic (exact) mass is 491 g/mol. The molecule has 1 aliphatic rings. The van der Waals surface area contributed by atoms with E-state index < -0.39 is 6.10 Å². The molecule has 0 spiro atoms. The molecule has 1 aromatic rings. The smallest absolute Gasteiger partial charge is 0.310 e. The van der Waals surface area contributed by atoms with Crippen LogP contribution in [0.25, 0.3) is 0 Å². The Morgan fingerprint density at radius 3 is 2.56 bits per heavy atom. The fourth-order valence-corrected chi connectivity index (χ4v) is 3.13. The van der Waals surface area contributed by atoms with E-state index in [1.807, 2.05) is 38.1 Å². The first kappa shape index (κ1) is 23.5. The number of rotatable bonds is 6. The van der Waals surface area contributed by atoms with Crippen molar-refractivity contribution in [2.45, 2.75) is 20.0 Å². The molecule has 1 heterocycles. The number of esters is 1. The molecular formula is C19H30IN3O4. The van der Waals surface area contributed by atoms with Gasteiger partial charge in [0, 0.05) is 19.6 Å². The third-order valence-corrected chi connectivity index (χ3v) is 4.67. The summed E-state index contributed by atoms with van der Waals surface area (Å²) < 4.78 is 10.0. The summed E-state index contributed by atoms with van der Waals surface area (Å²) in [7, 11) is 3.03. The van der Waals surface area contributed by atoms with Crippen molar-refractivity contribution in [1.29, 1.82) is 0 Å². The van der Waals surface area contributed by atoms with Gasteiger partial charge in [0.1, 0.15) is 5.75 Å². The van der Waals surface area contributed by atoms with Crippen LogP contribution < -0.4 is 10.1 Å². The predicted octanol–water partition coefficient (Wildman–Crippen LogP) is 2.05. The van der Waals surface area contributed by atoms with Gasteiger partial charge in [0.15, 0.2) is 5.96 Å². The van der Waals surface area contributed by atoms with E-state index in [2.05, 4.69) is 15.2 Å². The number of methoxy groups -OCH3 is 2. The molecule has 1 aromatic carbocycles. The van der Waals surface area contributed by atoms with Gasteiger partial charge in [-0.05, 0) is 30.5 Å². The zero-order valence-electron chi connectivity index (χ0n) is 16.3. The molecule has 3 unspecified atom stereocenters. The maximum absolute atomic E-state index is 11.9. The minimum atomic E-state index is -0.703. The number of benzene rings is 1. The molecule has 27 heavy (non-hydrogen) atoms. The molecule has 3 atom stereocenters. The summed E-state index contributed by atoms with van der Waals surface area (Å²) in [6.45, 7) is 6.28. The first-order chi connectivity index (χ1) is 12.5. The molecule has 1 saturated heterocycles. The minimum Gasteiger partial charge on any atom is -0.497 e. The molecule has 1 fully saturated rings. The molecule has 8 heteroatoms. The quantitative estimate of drug-likeness (QED) is 0.275. The summed E-state index contributed by atoms with van der Waals surface area (Å²) in [5.74, 6) is 1.30. The highest BCUT2D eigenvalue weighted by atomic mass is 127. The van der Waals surface area contributed by atoms with Crippen LogP contribution >= 0.6 is 24.0 Å². The van der Waals surface area contributed by atoms with Crippen LogP contribution in [0.2, 0.25) is 0 Å². The van der Waals surface area contributed by atoms with Crippen LogP contribution in [0, 0.1) is 11.8 Å². The molecule has 2 rings (SSSR count). The van der Waals surface area contributed by atoms with Crippen molar-refractivity contribution < 1.29 is 19.4 Å². The van der Waals surface area contributed by atoms with Crippen molar-refractivity contribution in [2.24, 2.45) is 16.8 Å². The summed E-state index contributed by atoms with van der Waals surface area (Å²) in [4.78, 5) is 18.5. The van der Waals surface area contributed by atoms with Gasteiger partial charge >= 0.3 is 5.97 Å². The van der Waals surface area contributed by atoms with Gasteiger partial charge in [0.05, 0.1) is 32.8 Å². The Bertz CT molecular complexity index is 624. The average Bonchev–Trinajstić information content (AvgIpc) is 3.05. The van der Waals surface area contributed by atoms with E-state index in [-0.39, 0.29) is 48.3 Å². The lowest BCUT2D eigenvalue weighted by Crippen LogP contribution is -2.41. The van der Waals surface area contributed by atoms with Gasteiger partial charge in [-0.15, -0.1) is 24.0 Å². The zero-order chi connectivity index (χ0) is 19.1. The standard InChI is InChI=1S/C19H29N3O4.HI/c1-5-20-19(22-11-13(2)16(12-22)18(24)26-4)21-10-17(23)14-6-8-15(25-3)9-7-14;/h6-9,13,16-17,23H,5,10-12H2,1-4H3,(H,20,21);1H. The Balaban J connectivity index is 0.00000364. The number of carbonyl (C=O) groups is 1. The lowest BCUT2D eigenvalue weighted by molar-refractivity contribution is -0.145. The van der Waals surface area contributed by atoms with Crippen molar-refractivity contribution in [1.82, 2.24) is 10.2 Å². The van der Waals surface area contributed by atoms with Crippen LogP contribution in [0.3, 0.4) is 0 Å². The number of likely N-dealkylation sites (tertiary alicyclic amines) is 1. The van der Waals surface area contributed by atoms with E-state index in [4.69, 9.17) is 9.47 Å². The van der Waals surface area contributed by atoms with E-state index in [9.17, 15) is 9.90 Å². The Labute approximate surface area is 178 Å². The second-order valence-corrected chi connectivity index (χ2v) is 6.50. The number of hydrogen-bond donors (Lipinski definition) is 2. The summed E-state index contributed by atoms with van der Waals surface area (Å²) >= 11 is 0. The maximum atomic E-state index is 11.9. The van der Waals surface area contributed by atoms with Gasteiger partial charge in [-0.3, -0.25) is 9.79 Å². The van der Waals surface area contributed by atoms with Gasteiger partial charge in [-0.25, -0.2) is 0 Å². The third kappa shape index (κ3) is 6.24. The molecule has 2 N–H and O–H groups in total. The molecule has 7 nitrogen and oxygen atoms in total. The molecule has 0 bridgehead atoms. The number of aliphatic hydroxyl groups is 1. The van der Waals surface area contributed by atoms with Crippen molar-refractivity contribution >= 4 is 35.9 Å². The van der Waals surface area contributed by atoms with Crippen molar-refractivity contribution in [2.75, 3.05) is 40.4 Å². The number of aliphatic imine (C=N–C) groups is 1. The molecule has 0 aliphatic carbocycles. The number of carbonyl (C=O) groups excluding carboxylic acids is 1. The highest BCUT2D eigenvalue weighted by Crippen LogP contribution is 2.24. The van der Waals surface area contributed by atoms with Gasteiger partial charge in [0.25, 0.3) is 0 Å². The summed E-state index contributed by atoms with van der Waals surface area (Å²) in [6, 6.07) is 7.29. The fourth-order valence-electron chi connectivity index (χ4n) is 3.13. The second kappa shape index (κ2) is 11.3. The van der Waals surface area contributed by atoms with Crippen LogP contribution in [-0.4, -0.2) is 62.3 Å². The van der Waals surface area contributed by atoms with E-state index >= 15 is 0 Å². The first-order valence-electron chi connectivity index (χ1n) is 8.93. The number of aliphatic hydroxyl groups excluding tert-OH is 1. The third-order valence-electron chi connectivity index (χ3n) is 4.67. The number of nitrogens with zero attached hydrogens (tertiary/aromatic N) is 2. The molecule has 0 radical (unpaired) electrons. The molecule has 0 aromatic heterocycles. The van der Waals surface area contributed by atoms with Gasteiger partial charge < -0.3 is 24.8 Å². The van der Waals surface area contributed by atoms with Gasteiger partial charge in [0.2, 0.25) is 0 Å². The maximum Gasteiger partial charge on any atom is 0.310 e. The molecule has 0 amide bonds. The Morgan fingerprint density at radius 1 is 1.33 bits per heavy atom. The topological polar surface area (TPSA) is 83.4 Å². The average molecular weight is 491 g/mol. The summed E-state index contributed by atoms with van der Waals surface area (Å²) in [5.41, 5.74) is 0.785. The Kier molecular flexibility index (Phi) is 9.86. The van der Waals surface area contributed by atoms with E-state index in [1.165, 1.54) is 7.11 Å². The Hall–Kier alpha value is -1.55. The fraction of sp³-hybridized carbons (Fsp3) is 0.579. The highest BCUT2D eigenvalue weighted by Gasteiger charge is 2.36. The number of nitrogens with one attached hydrogen (secondary N) is 1. The number of ether oxygens (including phenoxy) is 2.